The van der Waals surface area contributed by atoms with Crippen molar-refractivity contribution in [2.75, 3.05) is 5.32 Å². The van der Waals surface area contributed by atoms with E-state index in [1.807, 2.05) is 20.0 Å². The van der Waals surface area contributed by atoms with Crippen molar-refractivity contribution < 1.29 is 4.79 Å². The Balaban J connectivity index is 1.53. The van der Waals surface area contributed by atoms with Gasteiger partial charge in [0.1, 0.15) is 0 Å². The highest BCUT2D eigenvalue weighted by Gasteiger charge is 2.42. The fraction of sp³-hybridized carbons (Fsp3) is 0.733. The number of fused-ring (bicyclic) bond motifs is 2. The fourth-order valence-electron chi connectivity index (χ4n) is 3.99. The Morgan fingerprint density at radius 3 is 2.80 bits per heavy atom. The van der Waals surface area contributed by atoms with Crippen LogP contribution in [0.3, 0.4) is 0 Å². The molecule has 2 aliphatic carbocycles. The molecule has 3 rings (SSSR count). The zero-order chi connectivity index (χ0) is 14.3. The minimum atomic E-state index is -0.140. The summed E-state index contributed by atoms with van der Waals surface area (Å²) in [4.78, 5) is 12.0. The maximum Gasteiger partial charge on any atom is 0.320 e. The van der Waals surface area contributed by atoms with Gasteiger partial charge in [0.05, 0.1) is 0 Å². The van der Waals surface area contributed by atoms with Crippen molar-refractivity contribution in [3.63, 3.8) is 0 Å². The molecular formula is C15H24N4O. The molecule has 1 aromatic heterocycles. The molecule has 2 saturated carbocycles. The van der Waals surface area contributed by atoms with Gasteiger partial charge in [0.25, 0.3) is 0 Å². The second-order valence-corrected chi connectivity index (χ2v) is 6.52. The van der Waals surface area contributed by atoms with E-state index < -0.39 is 0 Å². The molecule has 1 heterocycles. The van der Waals surface area contributed by atoms with Crippen LogP contribution in [0.1, 0.15) is 38.3 Å². The third kappa shape index (κ3) is 2.53. The van der Waals surface area contributed by atoms with E-state index in [1.165, 1.54) is 25.7 Å². The quantitative estimate of drug-likeness (QED) is 0.891. The highest BCUT2D eigenvalue weighted by atomic mass is 16.2. The molecule has 1 aromatic rings. The van der Waals surface area contributed by atoms with Gasteiger partial charge in [-0.2, -0.15) is 5.10 Å². The summed E-state index contributed by atoms with van der Waals surface area (Å²) >= 11 is 0. The van der Waals surface area contributed by atoms with Crippen molar-refractivity contribution in [3.8, 4) is 0 Å². The van der Waals surface area contributed by atoms with Crippen LogP contribution >= 0.6 is 0 Å². The van der Waals surface area contributed by atoms with Gasteiger partial charge in [-0.25, -0.2) is 4.79 Å². The van der Waals surface area contributed by atoms with Gasteiger partial charge in [-0.3, -0.25) is 10.00 Å². The number of aryl methyl sites for hydroxylation is 2. The molecular weight excluding hydrogens is 252 g/mol. The van der Waals surface area contributed by atoms with E-state index in [9.17, 15) is 4.79 Å². The molecule has 5 nitrogen and oxygen atoms in total. The average Bonchev–Trinajstić information content (AvgIpc) is 3.06. The van der Waals surface area contributed by atoms with Gasteiger partial charge in [-0.15, -0.1) is 0 Å². The maximum absolute atomic E-state index is 12.0. The summed E-state index contributed by atoms with van der Waals surface area (Å²) in [5.41, 5.74) is 1.03. The largest absolute Gasteiger partial charge is 0.335 e. The van der Waals surface area contributed by atoms with Gasteiger partial charge in [0.2, 0.25) is 0 Å². The first-order valence-electron chi connectivity index (χ1n) is 7.61. The highest BCUT2D eigenvalue weighted by molar-refractivity contribution is 5.88. The van der Waals surface area contributed by atoms with Gasteiger partial charge in [-0.05, 0) is 50.9 Å². The number of anilines is 1. The summed E-state index contributed by atoms with van der Waals surface area (Å²) in [6, 6.07) is 1.98. The summed E-state index contributed by atoms with van der Waals surface area (Å²) in [6.07, 6.45) is 5.41. The molecule has 2 bridgehead atoms. The zero-order valence-corrected chi connectivity index (χ0v) is 12.5. The fourth-order valence-corrected chi connectivity index (χ4v) is 3.99. The molecule has 0 aromatic carbocycles. The second-order valence-electron chi connectivity index (χ2n) is 6.52. The smallest absolute Gasteiger partial charge is 0.320 e. The van der Waals surface area contributed by atoms with E-state index in [2.05, 4.69) is 22.7 Å². The lowest BCUT2D eigenvalue weighted by Gasteiger charge is -2.28. The van der Waals surface area contributed by atoms with E-state index in [0.29, 0.717) is 11.7 Å². The number of urea groups is 1. The molecule has 0 aliphatic heterocycles. The first-order valence-corrected chi connectivity index (χ1v) is 7.61. The number of nitrogens with zero attached hydrogens (tertiary/aromatic N) is 2. The van der Waals surface area contributed by atoms with Crippen LogP contribution < -0.4 is 10.6 Å². The molecule has 2 aliphatic rings. The van der Waals surface area contributed by atoms with E-state index in [0.717, 1.165) is 17.5 Å². The van der Waals surface area contributed by atoms with Crippen LogP contribution in [0.5, 0.6) is 0 Å². The van der Waals surface area contributed by atoms with E-state index >= 15 is 0 Å². The Morgan fingerprint density at radius 2 is 2.25 bits per heavy atom. The number of carbonyl (C=O) groups excluding carboxylic acids is 1. The minimum Gasteiger partial charge on any atom is -0.335 e. The lowest BCUT2D eigenvalue weighted by Crippen LogP contribution is -2.42. The Hall–Kier alpha value is -1.52. The number of rotatable bonds is 3. The molecule has 2 fully saturated rings. The summed E-state index contributed by atoms with van der Waals surface area (Å²) in [5.74, 6) is 3.01. The summed E-state index contributed by atoms with van der Waals surface area (Å²) in [5, 5.41) is 10.1. The van der Waals surface area contributed by atoms with Crippen LogP contribution in [0.4, 0.5) is 10.6 Å². The molecule has 5 heteroatoms. The van der Waals surface area contributed by atoms with Gasteiger partial charge >= 0.3 is 6.03 Å². The van der Waals surface area contributed by atoms with Crippen LogP contribution in [-0.4, -0.2) is 21.9 Å². The zero-order valence-electron chi connectivity index (χ0n) is 12.5. The average molecular weight is 276 g/mol. The first kappa shape index (κ1) is 13.5. The van der Waals surface area contributed by atoms with E-state index in [-0.39, 0.29) is 12.1 Å². The minimum absolute atomic E-state index is 0.140. The van der Waals surface area contributed by atoms with Crippen molar-refractivity contribution in [1.29, 1.82) is 0 Å². The third-order valence-corrected chi connectivity index (χ3v) is 5.15. The first-order chi connectivity index (χ1) is 9.52. The molecule has 4 atom stereocenters. The van der Waals surface area contributed by atoms with Gasteiger partial charge in [0, 0.05) is 24.8 Å². The Morgan fingerprint density at radius 1 is 1.45 bits per heavy atom. The predicted octanol–water partition coefficient (Wildman–Crippen LogP) is 2.67. The second kappa shape index (κ2) is 5.11. The SMILES string of the molecule is Cc1cc(NC(=O)NC(C)C2CC3CCC2C3)nn1C. The van der Waals surface area contributed by atoms with Crippen LogP contribution in [0, 0.1) is 24.7 Å². The molecule has 2 amide bonds. The number of nitrogens with one attached hydrogen (secondary N) is 2. The number of amides is 2. The van der Waals surface area contributed by atoms with Gasteiger partial charge < -0.3 is 5.32 Å². The van der Waals surface area contributed by atoms with Crippen molar-refractivity contribution in [2.45, 2.75) is 45.6 Å². The van der Waals surface area contributed by atoms with Crippen molar-refractivity contribution >= 4 is 11.8 Å². The number of hydrogen-bond acceptors (Lipinski definition) is 2. The molecule has 0 spiro atoms. The summed E-state index contributed by atoms with van der Waals surface area (Å²) < 4.78 is 1.76. The summed E-state index contributed by atoms with van der Waals surface area (Å²) in [6.45, 7) is 4.10. The lowest BCUT2D eigenvalue weighted by atomic mass is 9.84. The van der Waals surface area contributed by atoms with Crippen LogP contribution in [-0.2, 0) is 7.05 Å². The Bertz CT molecular complexity index is 490. The van der Waals surface area contributed by atoms with Crippen LogP contribution in [0.25, 0.3) is 0 Å². The molecule has 110 valence electrons. The number of aromatic nitrogens is 2. The van der Waals surface area contributed by atoms with Gasteiger partial charge in [0.15, 0.2) is 5.82 Å². The molecule has 20 heavy (non-hydrogen) atoms. The standard InChI is InChI=1S/C15H24N4O/c1-9-6-14(18-19(9)3)17-15(20)16-10(2)13-8-11-4-5-12(13)7-11/h6,10-13H,4-5,7-8H2,1-3H3,(H2,16,17,18,20). The number of hydrogen-bond donors (Lipinski definition) is 2. The van der Waals surface area contributed by atoms with Crippen LogP contribution in [0.15, 0.2) is 6.07 Å². The Kier molecular flexibility index (Phi) is 3.44. The lowest BCUT2D eigenvalue weighted by molar-refractivity contribution is 0.230. The van der Waals surface area contributed by atoms with E-state index in [4.69, 9.17) is 0 Å². The normalized spacial score (nSPS) is 29.4. The van der Waals surface area contributed by atoms with Crippen molar-refractivity contribution in [1.82, 2.24) is 15.1 Å². The van der Waals surface area contributed by atoms with Crippen LogP contribution in [0.2, 0.25) is 0 Å². The monoisotopic (exact) mass is 276 g/mol. The van der Waals surface area contributed by atoms with Gasteiger partial charge in [-0.1, -0.05) is 6.42 Å². The Labute approximate surface area is 120 Å². The summed E-state index contributed by atoms with van der Waals surface area (Å²) in [7, 11) is 1.87. The third-order valence-electron chi connectivity index (χ3n) is 5.15. The number of carbonyl (C=O) groups is 1. The molecule has 4 unspecified atom stereocenters. The van der Waals surface area contributed by atoms with Crippen molar-refractivity contribution in [3.05, 3.63) is 11.8 Å². The highest BCUT2D eigenvalue weighted by Crippen LogP contribution is 2.49. The maximum atomic E-state index is 12.0. The molecule has 2 N–H and O–H groups in total. The predicted molar refractivity (Wildman–Crippen MR) is 78.5 cm³/mol. The molecule has 0 radical (unpaired) electrons. The topological polar surface area (TPSA) is 59.0 Å². The van der Waals surface area contributed by atoms with E-state index in [1.54, 1.807) is 4.68 Å². The van der Waals surface area contributed by atoms with Crippen molar-refractivity contribution in [2.24, 2.45) is 24.8 Å². The molecule has 0 saturated heterocycles.